The van der Waals surface area contributed by atoms with Crippen molar-refractivity contribution in [3.05, 3.63) is 29.8 Å². The Labute approximate surface area is 108 Å². The zero-order valence-corrected chi connectivity index (χ0v) is 10.9. The fraction of sp³-hybridized carbons (Fsp3) is 0.600. The van der Waals surface area contributed by atoms with Crippen LogP contribution in [0.4, 0.5) is 5.69 Å². The van der Waals surface area contributed by atoms with E-state index < -0.39 is 0 Å². The molecular weight excluding hydrogens is 226 g/mol. The summed E-state index contributed by atoms with van der Waals surface area (Å²) < 4.78 is 5.95. The topological polar surface area (TPSA) is 32.7 Å². The summed E-state index contributed by atoms with van der Waals surface area (Å²) in [5.74, 6) is 0.580. The predicted octanol–water partition coefficient (Wildman–Crippen LogP) is 2.36. The monoisotopic (exact) mass is 247 g/mol. The van der Waals surface area contributed by atoms with Gasteiger partial charge in [-0.1, -0.05) is 18.2 Å². The maximum atomic E-state index is 9.07. The summed E-state index contributed by atoms with van der Waals surface area (Å²) >= 11 is 0. The van der Waals surface area contributed by atoms with Crippen LogP contribution in [0.5, 0.6) is 0 Å². The lowest BCUT2D eigenvalue weighted by atomic mass is 9.81. The molecular formula is C15H21NO2. The molecule has 1 N–H and O–H groups in total. The average molecular weight is 247 g/mol. The van der Waals surface area contributed by atoms with E-state index in [4.69, 9.17) is 9.84 Å². The van der Waals surface area contributed by atoms with E-state index in [9.17, 15) is 0 Å². The molecule has 2 heterocycles. The summed E-state index contributed by atoms with van der Waals surface area (Å²) in [7, 11) is 2.18. The molecule has 1 saturated heterocycles. The van der Waals surface area contributed by atoms with Crippen molar-refractivity contribution >= 4 is 5.69 Å². The van der Waals surface area contributed by atoms with Crippen molar-refractivity contribution in [1.29, 1.82) is 0 Å². The van der Waals surface area contributed by atoms with Gasteiger partial charge in [0.25, 0.3) is 0 Å². The van der Waals surface area contributed by atoms with Crippen LogP contribution in [-0.2, 0) is 4.74 Å². The largest absolute Gasteiger partial charge is 0.396 e. The molecule has 0 spiro atoms. The molecule has 3 rings (SSSR count). The average Bonchev–Trinajstić information content (AvgIpc) is 2.88. The van der Waals surface area contributed by atoms with Crippen LogP contribution in [0, 0.1) is 5.92 Å². The van der Waals surface area contributed by atoms with Crippen LogP contribution >= 0.6 is 0 Å². The molecule has 3 nitrogen and oxygen atoms in total. The van der Waals surface area contributed by atoms with Gasteiger partial charge >= 0.3 is 0 Å². The van der Waals surface area contributed by atoms with Crippen molar-refractivity contribution in [2.75, 3.05) is 25.2 Å². The van der Waals surface area contributed by atoms with Crippen LogP contribution in [0.1, 0.15) is 30.9 Å². The number of anilines is 1. The third-order valence-electron chi connectivity index (χ3n) is 4.41. The number of fused-ring (bicyclic) bond motifs is 3. The number of benzene rings is 1. The van der Waals surface area contributed by atoms with E-state index in [-0.39, 0.29) is 12.7 Å². The lowest BCUT2D eigenvalue weighted by molar-refractivity contribution is 0.0772. The summed E-state index contributed by atoms with van der Waals surface area (Å²) in [6, 6.07) is 9.06. The lowest BCUT2D eigenvalue weighted by Crippen LogP contribution is -2.43. The zero-order chi connectivity index (χ0) is 12.5. The normalized spacial score (nSPS) is 30.1. The second-order valence-electron chi connectivity index (χ2n) is 5.35. The van der Waals surface area contributed by atoms with Gasteiger partial charge in [0.2, 0.25) is 0 Å². The first-order valence-electron chi connectivity index (χ1n) is 6.87. The third-order valence-corrected chi connectivity index (χ3v) is 4.41. The fourth-order valence-electron chi connectivity index (χ4n) is 3.54. The quantitative estimate of drug-likeness (QED) is 0.890. The summed E-state index contributed by atoms with van der Waals surface area (Å²) in [6.07, 6.45) is 3.33. The molecule has 1 aromatic carbocycles. The summed E-state index contributed by atoms with van der Waals surface area (Å²) in [5.41, 5.74) is 2.63. The molecule has 1 fully saturated rings. The molecule has 0 aliphatic carbocycles. The molecule has 3 unspecified atom stereocenters. The van der Waals surface area contributed by atoms with E-state index in [1.54, 1.807) is 0 Å². The van der Waals surface area contributed by atoms with Crippen molar-refractivity contribution in [3.63, 3.8) is 0 Å². The van der Waals surface area contributed by atoms with Gasteiger partial charge in [0.15, 0.2) is 0 Å². The Morgan fingerprint density at radius 3 is 3.06 bits per heavy atom. The van der Waals surface area contributed by atoms with Gasteiger partial charge in [-0.05, 0) is 25.3 Å². The molecule has 0 radical (unpaired) electrons. The maximum absolute atomic E-state index is 9.07. The molecule has 3 atom stereocenters. The highest BCUT2D eigenvalue weighted by molar-refractivity contribution is 5.57. The molecule has 0 aromatic heterocycles. The first kappa shape index (κ1) is 12.0. The van der Waals surface area contributed by atoms with E-state index in [0.717, 1.165) is 25.9 Å². The molecule has 2 aliphatic heterocycles. The minimum atomic E-state index is 0.265. The molecule has 18 heavy (non-hydrogen) atoms. The van der Waals surface area contributed by atoms with Crippen LogP contribution in [0.3, 0.4) is 0 Å². The number of aliphatic hydroxyl groups is 1. The zero-order valence-electron chi connectivity index (χ0n) is 10.9. The first-order chi connectivity index (χ1) is 8.83. The third kappa shape index (κ3) is 1.82. The number of hydrogen-bond donors (Lipinski definition) is 1. The van der Waals surface area contributed by atoms with E-state index in [1.807, 2.05) is 0 Å². The standard InChI is InChI=1S/C15H21NO2/c1-16-13-6-3-2-5-11(13)15-12(8-10-18-15)14(16)7-4-9-17/h2-3,5-6,12,14-15,17H,4,7-10H2,1H3. The molecule has 3 heteroatoms. The minimum absolute atomic E-state index is 0.265. The van der Waals surface area contributed by atoms with E-state index in [0.29, 0.717) is 12.0 Å². The highest BCUT2D eigenvalue weighted by Gasteiger charge is 2.42. The Bertz CT molecular complexity index is 421. The Morgan fingerprint density at radius 1 is 1.39 bits per heavy atom. The number of ether oxygens (including phenoxy) is 1. The van der Waals surface area contributed by atoms with Crippen molar-refractivity contribution in [2.24, 2.45) is 5.92 Å². The van der Waals surface area contributed by atoms with Gasteiger partial charge in [-0.25, -0.2) is 0 Å². The molecule has 2 aliphatic rings. The van der Waals surface area contributed by atoms with Crippen molar-refractivity contribution in [3.8, 4) is 0 Å². The van der Waals surface area contributed by atoms with Crippen molar-refractivity contribution < 1.29 is 9.84 Å². The Kier molecular flexibility index (Phi) is 3.27. The van der Waals surface area contributed by atoms with Crippen LogP contribution in [-0.4, -0.2) is 31.4 Å². The Balaban J connectivity index is 1.95. The second kappa shape index (κ2) is 4.90. The van der Waals surface area contributed by atoms with E-state index in [1.165, 1.54) is 11.3 Å². The fourth-order valence-corrected chi connectivity index (χ4v) is 3.54. The number of nitrogens with zero attached hydrogens (tertiary/aromatic N) is 1. The SMILES string of the molecule is CN1c2ccccc2C2OCCC2C1CCCO. The van der Waals surface area contributed by atoms with Gasteiger partial charge in [0.05, 0.1) is 6.10 Å². The Hall–Kier alpha value is -1.06. The van der Waals surface area contributed by atoms with Gasteiger partial charge in [-0.3, -0.25) is 0 Å². The van der Waals surface area contributed by atoms with Gasteiger partial charge in [0, 0.05) is 43.5 Å². The van der Waals surface area contributed by atoms with Crippen molar-refractivity contribution in [2.45, 2.75) is 31.4 Å². The highest BCUT2D eigenvalue weighted by Crippen LogP contribution is 2.47. The summed E-state index contributed by atoms with van der Waals surface area (Å²) in [5, 5.41) is 9.07. The Morgan fingerprint density at radius 2 is 2.22 bits per heavy atom. The van der Waals surface area contributed by atoms with Crippen LogP contribution in [0.15, 0.2) is 24.3 Å². The van der Waals surface area contributed by atoms with E-state index >= 15 is 0 Å². The van der Waals surface area contributed by atoms with E-state index in [2.05, 4.69) is 36.2 Å². The molecule has 98 valence electrons. The molecule has 0 amide bonds. The van der Waals surface area contributed by atoms with Gasteiger partial charge < -0.3 is 14.7 Å². The lowest BCUT2D eigenvalue weighted by Gasteiger charge is -2.43. The number of rotatable bonds is 3. The predicted molar refractivity (Wildman–Crippen MR) is 71.8 cm³/mol. The van der Waals surface area contributed by atoms with Gasteiger partial charge in [0.1, 0.15) is 0 Å². The smallest absolute Gasteiger partial charge is 0.0893 e. The maximum Gasteiger partial charge on any atom is 0.0893 e. The van der Waals surface area contributed by atoms with Crippen LogP contribution in [0.2, 0.25) is 0 Å². The van der Waals surface area contributed by atoms with Gasteiger partial charge in [-0.2, -0.15) is 0 Å². The summed E-state index contributed by atoms with van der Waals surface area (Å²) in [4.78, 5) is 2.39. The van der Waals surface area contributed by atoms with Gasteiger partial charge in [-0.15, -0.1) is 0 Å². The number of hydrogen-bond acceptors (Lipinski definition) is 3. The van der Waals surface area contributed by atoms with Crippen LogP contribution < -0.4 is 4.90 Å². The number of aliphatic hydroxyl groups excluding tert-OH is 1. The second-order valence-corrected chi connectivity index (χ2v) is 5.35. The number of para-hydroxylation sites is 1. The highest BCUT2D eigenvalue weighted by atomic mass is 16.5. The minimum Gasteiger partial charge on any atom is -0.396 e. The van der Waals surface area contributed by atoms with Crippen molar-refractivity contribution in [1.82, 2.24) is 0 Å². The van der Waals surface area contributed by atoms with Crippen LogP contribution in [0.25, 0.3) is 0 Å². The molecule has 0 bridgehead atoms. The first-order valence-corrected chi connectivity index (χ1v) is 6.87. The molecule has 1 aromatic rings. The molecule has 0 saturated carbocycles. The summed E-state index contributed by atoms with van der Waals surface area (Å²) in [6.45, 7) is 1.15.